The molecule has 0 saturated heterocycles. The summed E-state index contributed by atoms with van der Waals surface area (Å²) in [5.74, 6) is 1.74. The molecule has 0 radical (unpaired) electrons. The van der Waals surface area contributed by atoms with Gasteiger partial charge in [-0.2, -0.15) is 4.98 Å². The first kappa shape index (κ1) is 10.3. The van der Waals surface area contributed by atoms with Crippen LogP contribution in [-0.2, 0) is 6.54 Å². The molecule has 1 aromatic heterocycles. The van der Waals surface area contributed by atoms with Crippen molar-refractivity contribution < 1.29 is 0 Å². The van der Waals surface area contributed by atoms with Crippen molar-refractivity contribution in [1.29, 1.82) is 0 Å². The smallest absolute Gasteiger partial charge is 0.239 e. The van der Waals surface area contributed by atoms with Gasteiger partial charge in [-0.05, 0) is 25.3 Å². The Morgan fingerprint density at radius 1 is 1.29 bits per heavy atom. The predicted molar refractivity (Wildman–Crippen MR) is 66.7 cm³/mol. The van der Waals surface area contributed by atoms with Crippen LogP contribution in [0, 0.1) is 6.92 Å². The van der Waals surface area contributed by atoms with Crippen LogP contribution in [0.15, 0.2) is 24.3 Å². The Balaban J connectivity index is 2.02. The Kier molecular flexibility index (Phi) is 2.35. The molecular weight excluding hydrogens is 212 g/mol. The number of fused-ring (bicyclic) bond motifs is 1. The van der Waals surface area contributed by atoms with Crippen molar-refractivity contribution in [2.24, 2.45) is 0 Å². The highest BCUT2D eigenvalue weighted by molar-refractivity contribution is 5.31. The second-order valence-corrected chi connectivity index (χ2v) is 4.66. The third kappa shape index (κ3) is 1.79. The predicted octanol–water partition coefficient (Wildman–Crippen LogP) is 2.09. The number of nitrogen functional groups attached to an aromatic ring is 1. The number of rotatable bonds is 1. The van der Waals surface area contributed by atoms with Gasteiger partial charge in [0.15, 0.2) is 0 Å². The maximum absolute atomic E-state index is 5.68. The Morgan fingerprint density at radius 2 is 2.06 bits per heavy atom. The van der Waals surface area contributed by atoms with E-state index in [0.717, 1.165) is 25.2 Å². The Hall–Kier alpha value is -1.84. The highest BCUT2D eigenvalue weighted by Crippen LogP contribution is 2.32. The molecule has 1 aliphatic rings. The third-order valence-corrected chi connectivity index (χ3v) is 3.37. The van der Waals surface area contributed by atoms with Gasteiger partial charge in [0.2, 0.25) is 5.95 Å². The van der Waals surface area contributed by atoms with E-state index < -0.39 is 0 Å². The number of nitrogens with two attached hydrogens (primary N) is 1. The number of aryl methyl sites for hydroxylation is 2. The molecule has 0 spiro atoms. The van der Waals surface area contributed by atoms with Gasteiger partial charge in [0.25, 0.3) is 0 Å². The van der Waals surface area contributed by atoms with Crippen LogP contribution in [0.5, 0.6) is 0 Å². The minimum absolute atomic E-state index is 0.342. The summed E-state index contributed by atoms with van der Waals surface area (Å²) in [5, 5.41) is 4.23. The monoisotopic (exact) mass is 228 g/mol. The molecule has 4 heteroatoms. The first-order valence-corrected chi connectivity index (χ1v) is 6.01. The summed E-state index contributed by atoms with van der Waals surface area (Å²) in [6.07, 6.45) is 2.26. The molecule has 2 N–H and O–H groups in total. The molecule has 17 heavy (non-hydrogen) atoms. The van der Waals surface area contributed by atoms with Gasteiger partial charge in [0.05, 0.1) is 0 Å². The van der Waals surface area contributed by atoms with E-state index >= 15 is 0 Å². The van der Waals surface area contributed by atoms with Crippen LogP contribution >= 0.6 is 0 Å². The van der Waals surface area contributed by atoms with Gasteiger partial charge in [-0.25, -0.2) is 4.68 Å². The molecule has 1 aliphatic heterocycles. The zero-order chi connectivity index (χ0) is 11.8. The van der Waals surface area contributed by atoms with Gasteiger partial charge in [0, 0.05) is 12.5 Å². The summed E-state index contributed by atoms with van der Waals surface area (Å²) in [6.45, 7) is 3.03. The van der Waals surface area contributed by atoms with E-state index in [9.17, 15) is 0 Å². The summed E-state index contributed by atoms with van der Waals surface area (Å²) >= 11 is 0. The molecule has 88 valence electrons. The van der Waals surface area contributed by atoms with Crippen LogP contribution < -0.4 is 5.73 Å². The number of hydrogen-bond acceptors (Lipinski definition) is 3. The van der Waals surface area contributed by atoms with Gasteiger partial charge in [-0.1, -0.05) is 29.8 Å². The lowest BCUT2D eigenvalue weighted by Crippen LogP contribution is -2.17. The van der Waals surface area contributed by atoms with Crippen molar-refractivity contribution in [1.82, 2.24) is 14.8 Å². The average molecular weight is 228 g/mol. The van der Waals surface area contributed by atoms with Gasteiger partial charge < -0.3 is 5.73 Å². The molecule has 3 rings (SSSR count). The molecule has 2 aromatic rings. The van der Waals surface area contributed by atoms with E-state index in [1.807, 2.05) is 4.68 Å². The molecule has 0 fully saturated rings. The standard InChI is InChI=1S/C13H16N4/c1-9-4-6-10(7-5-9)11-3-2-8-17-12(11)15-13(14)16-17/h4-7,11H,2-3,8H2,1H3,(H2,14,16). The fourth-order valence-corrected chi connectivity index (χ4v) is 2.48. The van der Waals surface area contributed by atoms with Crippen LogP contribution in [0.4, 0.5) is 5.95 Å². The topological polar surface area (TPSA) is 56.7 Å². The zero-order valence-electron chi connectivity index (χ0n) is 9.93. The van der Waals surface area contributed by atoms with Gasteiger partial charge >= 0.3 is 0 Å². The minimum atomic E-state index is 0.342. The number of anilines is 1. The molecule has 1 unspecified atom stereocenters. The first-order chi connectivity index (χ1) is 8.24. The van der Waals surface area contributed by atoms with Crippen LogP contribution in [0.25, 0.3) is 0 Å². The second kappa shape index (κ2) is 3.87. The molecule has 0 bridgehead atoms. The number of benzene rings is 1. The van der Waals surface area contributed by atoms with E-state index in [1.54, 1.807) is 0 Å². The summed E-state index contributed by atoms with van der Waals surface area (Å²) < 4.78 is 1.95. The van der Waals surface area contributed by atoms with Crippen molar-refractivity contribution in [3.05, 3.63) is 41.2 Å². The van der Waals surface area contributed by atoms with Crippen molar-refractivity contribution in [3.8, 4) is 0 Å². The molecule has 0 aliphatic carbocycles. The fraction of sp³-hybridized carbons (Fsp3) is 0.385. The SMILES string of the molecule is Cc1ccc(C2CCCn3nc(N)nc32)cc1. The normalized spacial score (nSPS) is 19.0. The van der Waals surface area contributed by atoms with Crippen molar-refractivity contribution in [2.45, 2.75) is 32.2 Å². The largest absolute Gasteiger partial charge is 0.366 e. The molecule has 2 heterocycles. The number of hydrogen-bond donors (Lipinski definition) is 1. The summed E-state index contributed by atoms with van der Waals surface area (Å²) in [4.78, 5) is 4.36. The third-order valence-electron chi connectivity index (χ3n) is 3.37. The van der Waals surface area contributed by atoms with E-state index in [1.165, 1.54) is 11.1 Å². The van der Waals surface area contributed by atoms with Crippen LogP contribution in [0.2, 0.25) is 0 Å². The first-order valence-electron chi connectivity index (χ1n) is 6.01. The Labute approximate surface area is 100 Å². The lowest BCUT2D eigenvalue weighted by atomic mass is 9.91. The summed E-state index contributed by atoms with van der Waals surface area (Å²) in [6, 6.07) is 8.66. The molecule has 1 atom stereocenters. The Bertz CT molecular complexity index is 527. The van der Waals surface area contributed by atoms with E-state index in [-0.39, 0.29) is 0 Å². The van der Waals surface area contributed by atoms with Gasteiger partial charge in [0.1, 0.15) is 5.82 Å². The Morgan fingerprint density at radius 3 is 2.82 bits per heavy atom. The van der Waals surface area contributed by atoms with Crippen LogP contribution in [0.3, 0.4) is 0 Å². The van der Waals surface area contributed by atoms with Gasteiger partial charge in [-0.15, -0.1) is 5.10 Å². The van der Waals surface area contributed by atoms with E-state index in [4.69, 9.17) is 5.73 Å². The fourth-order valence-electron chi connectivity index (χ4n) is 2.48. The lowest BCUT2D eigenvalue weighted by molar-refractivity contribution is 0.446. The van der Waals surface area contributed by atoms with Crippen molar-refractivity contribution >= 4 is 5.95 Å². The number of aromatic nitrogens is 3. The van der Waals surface area contributed by atoms with Crippen LogP contribution in [0.1, 0.15) is 35.7 Å². The maximum Gasteiger partial charge on any atom is 0.239 e. The quantitative estimate of drug-likeness (QED) is 0.813. The lowest BCUT2D eigenvalue weighted by Gasteiger charge is -2.22. The maximum atomic E-state index is 5.68. The molecule has 1 aromatic carbocycles. The highest BCUT2D eigenvalue weighted by atomic mass is 15.4. The molecule has 4 nitrogen and oxygen atoms in total. The molecule has 0 amide bonds. The molecule has 0 saturated carbocycles. The highest BCUT2D eigenvalue weighted by Gasteiger charge is 2.24. The van der Waals surface area contributed by atoms with Crippen molar-refractivity contribution in [2.75, 3.05) is 5.73 Å². The number of nitrogens with zero attached hydrogens (tertiary/aromatic N) is 3. The summed E-state index contributed by atoms with van der Waals surface area (Å²) in [5.41, 5.74) is 8.27. The van der Waals surface area contributed by atoms with E-state index in [0.29, 0.717) is 11.9 Å². The van der Waals surface area contributed by atoms with Crippen LogP contribution in [-0.4, -0.2) is 14.8 Å². The zero-order valence-corrected chi connectivity index (χ0v) is 9.93. The van der Waals surface area contributed by atoms with E-state index in [2.05, 4.69) is 41.3 Å². The van der Waals surface area contributed by atoms with Gasteiger partial charge in [-0.3, -0.25) is 0 Å². The average Bonchev–Trinajstić information content (AvgIpc) is 2.70. The van der Waals surface area contributed by atoms with Crippen molar-refractivity contribution in [3.63, 3.8) is 0 Å². The molecular formula is C13H16N4. The summed E-state index contributed by atoms with van der Waals surface area (Å²) in [7, 11) is 0. The minimum Gasteiger partial charge on any atom is -0.366 e. The second-order valence-electron chi connectivity index (χ2n) is 4.66.